The molecule has 1 fully saturated rings. The summed E-state index contributed by atoms with van der Waals surface area (Å²) in [5.41, 5.74) is 0.937. The Labute approximate surface area is 112 Å². The predicted octanol–water partition coefficient (Wildman–Crippen LogP) is 1.53. The summed E-state index contributed by atoms with van der Waals surface area (Å²) in [6.07, 6.45) is 1.11. The fourth-order valence-electron chi connectivity index (χ4n) is 2.23. The molecule has 1 saturated heterocycles. The minimum atomic E-state index is -0.421. The zero-order valence-corrected chi connectivity index (χ0v) is 11.0. The van der Waals surface area contributed by atoms with E-state index in [1.54, 1.807) is 7.05 Å². The van der Waals surface area contributed by atoms with Gasteiger partial charge in [-0.1, -0.05) is 30.3 Å². The molecule has 1 aromatic carbocycles. The van der Waals surface area contributed by atoms with Gasteiger partial charge in [0.25, 0.3) is 0 Å². The molecule has 2 amide bonds. The van der Waals surface area contributed by atoms with Crippen molar-refractivity contribution in [2.24, 2.45) is 0 Å². The summed E-state index contributed by atoms with van der Waals surface area (Å²) in [7, 11) is 1.58. The van der Waals surface area contributed by atoms with Crippen molar-refractivity contribution >= 4 is 12.0 Å². The molecule has 1 atom stereocenters. The average molecular weight is 262 g/mol. The van der Waals surface area contributed by atoms with Crippen molar-refractivity contribution in [3.8, 4) is 0 Å². The minimum absolute atomic E-state index is 0.130. The van der Waals surface area contributed by atoms with E-state index in [9.17, 15) is 9.59 Å². The number of carbonyl (C=O) groups is 2. The zero-order chi connectivity index (χ0) is 13.7. The number of nitrogens with zero attached hydrogens (tertiary/aromatic N) is 1. The third kappa shape index (κ3) is 3.24. The standard InChI is InChI=1S/C14H18N2O3/c1-15-13(17)12-8-5-9-16(12)14(18)19-10-11-6-3-2-4-7-11/h2-4,6-7,12H,5,8-10H2,1H3,(H,15,17). The normalized spacial score (nSPS) is 18.2. The van der Waals surface area contributed by atoms with E-state index >= 15 is 0 Å². The Balaban J connectivity index is 1.90. The number of amides is 2. The van der Waals surface area contributed by atoms with Crippen LogP contribution in [0.1, 0.15) is 18.4 Å². The Kier molecular flexibility index (Phi) is 4.39. The Morgan fingerprint density at radius 3 is 2.79 bits per heavy atom. The Morgan fingerprint density at radius 2 is 2.11 bits per heavy atom. The van der Waals surface area contributed by atoms with Crippen LogP contribution in [0.3, 0.4) is 0 Å². The molecule has 5 nitrogen and oxygen atoms in total. The van der Waals surface area contributed by atoms with Crippen LogP contribution in [0.2, 0.25) is 0 Å². The topological polar surface area (TPSA) is 58.6 Å². The van der Waals surface area contributed by atoms with Crippen molar-refractivity contribution in [3.05, 3.63) is 35.9 Å². The molecular formula is C14H18N2O3. The number of hydrogen-bond donors (Lipinski definition) is 1. The second-order valence-electron chi connectivity index (χ2n) is 4.51. The van der Waals surface area contributed by atoms with Crippen LogP contribution in [0.4, 0.5) is 4.79 Å². The third-order valence-electron chi connectivity index (χ3n) is 3.24. The molecular weight excluding hydrogens is 244 g/mol. The first-order chi connectivity index (χ1) is 9.22. The third-order valence-corrected chi connectivity index (χ3v) is 3.24. The zero-order valence-electron chi connectivity index (χ0n) is 11.0. The van der Waals surface area contributed by atoms with E-state index in [1.165, 1.54) is 4.90 Å². The van der Waals surface area contributed by atoms with Gasteiger partial charge < -0.3 is 10.1 Å². The Hall–Kier alpha value is -2.04. The van der Waals surface area contributed by atoms with E-state index < -0.39 is 12.1 Å². The summed E-state index contributed by atoms with van der Waals surface area (Å²) < 4.78 is 5.24. The Bertz CT molecular complexity index is 447. The minimum Gasteiger partial charge on any atom is -0.445 e. The van der Waals surface area contributed by atoms with Gasteiger partial charge in [-0.15, -0.1) is 0 Å². The van der Waals surface area contributed by atoms with Crippen LogP contribution in [0.25, 0.3) is 0 Å². The summed E-state index contributed by atoms with van der Waals surface area (Å²) in [6, 6.07) is 9.10. The predicted molar refractivity (Wildman–Crippen MR) is 70.4 cm³/mol. The number of rotatable bonds is 3. The van der Waals surface area contributed by atoms with Crippen LogP contribution in [0.15, 0.2) is 30.3 Å². The number of likely N-dealkylation sites (N-methyl/N-ethyl adjacent to an activating group) is 1. The monoisotopic (exact) mass is 262 g/mol. The maximum absolute atomic E-state index is 12.0. The first-order valence-electron chi connectivity index (χ1n) is 6.41. The summed E-state index contributed by atoms with van der Waals surface area (Å²) in [5, 5.41) is 2.58. The van der Waals surface area contributed by atoms with E-state index in [1.807, 2.05) is 30.3 Å². The lowest BCUT2D eigenvalue weighted by Gasteiger charge is -2.22. The van der Waals surface area contributed by atoms with Crippen LogP contribution in [-0.4, -0.2) is 36.5 Å². The van der Waals surface area contributed by atoms with Gasteiger partial charge in [-0.2, -0.15) is 0 Å². The maximum Gasteiger partial charge on any atom is 0.410 e. The fraction of sp³-hybridized carbons (Fsp3) is 0.429. The highest BCUT2D eigenvalue weighted by molar-refractivity contribution is 5.85. The molecule has 0 bridgehead atoms. The molecule has 1 aliphatic rings. The summed E-state index contributed by atoms with van der Waals surface area (Å²) in [5.74, 6) is -0.130. The van der Waals surface area contributed by atoms with Crippen molar-refractivity contribution < 1.29 is 14.3 Å². The van der Waals surface area contributed by atoms with Gasteiger partial charge in [0, 0.05) is 13.6 Å². The van der Waals surface area contributed by atoms with Gasteiger partial charge in [-0.3, -0.25) is 9.69 Å². The SMILES string of the molecule is CNC(=O)C1CCCN1C(=O)OCc1ccccc1. The van der Waals surface area contributed by atoms with Crippen LogP contribution < -0.4 is 5.32 Å². The number of carbonyl (C=O) groups excluding carboxylic acids is 2. The molecule has 19 heavy (non-hydrogen) atoms. The van der Waals surface area contributed by atoms with Gasteiger partial charge in [-0.25, -0.2) is 4.79 Å². The van der Waals surface area contributed by atoms with E-state index in [0.29, 0.717) is 13.0 Å². The highest BCUT2D eigenvalue weighted by Gasteiger charge is 2.34. The molecule has 0 saturated carbocycles. The van der Waals surface area contributed by atoms with Gasteiger partial charge in [0.1, 0.15) is 12.6 Å². The van der Waals surface area contributed by atoms with Gasteiger partial charge in [0.05, 0.1) is 0 Å². The number of benzene rings is 1. The van der Waals surface area contributed by atoms with Crippen molar-refractivity contribution in [1.82, 2.24) is 10.2 Å². The molecule has 2 rings (SSSR count). The van der Waals surface area contributed by atoms with Crippen molar-refractivity contribution in [2.75, 3.05) is 13.6 Å². The largest absolute Gasteiger partial charge is 0.445 e. The molecule has 0 aliphatic carbocycles. The van der Waals surface area contributed by atoms with E-state index in [2.05, 4.69) is 5.32 Å². The summed E-state index contributed by atoms with van der Waals surface area (Å²) in [6.45, 7) is 0.808. The molecule has 0 spiro atoms. The van der Waals surface area contributed by atoms with E-state index in [0.717, 1.165) is 12.0 Å². The number of likely N-dealkylation sites (tertiary alicyclic amines) is 1. The van der Waals surface area contributed by atoms with Gasteiger partial charge in [-0.05, 0) is 18.4 Å². The molecule has 102 valence electrons. The number of hydrogen-bond acceptors (Lipinski definition) is 3. The van der Waals surface area contributed by atoms with E-state index in [-0.39, 0.29) is 12.5 Å². The molecule has 0 radical (unpaired) electrons. The molecule has 1 aliphatic heterocycles. The number of nitrogens with one attached hydrogen (secondary N) is 1. The second kappa shape index (κ2) is 6.22. The first-order valence-corrected chi connectivity index (χ1v) is 6.41. The number of ether oxygens (including phenoxy) is 1. The lowest BCUT2D eigenvalue weighted by molar-refractivity contribution is -0.124. The van der Waals surface area contributed by atoms with Crippen molar-refractivity contribution in [1.29, 1.82) is 0 Å². The lowest BCUT2D eigenvalue weighted by atomic mass is 10.2. The van der Waals surface area contributed by atoms with E-state index in [4.69, 9.17) is 4.74 Å². The highest BCUT2D eigenvalue weighted by Crippen LogP contribution is 2.18. The molecule has 1 unspecified atom stereocenters. The average Bonchev–Trinajstić information content (AvgIpc) is 2.94. The fourth-order valence-corrected chi connectivity index (χ4v) is 2.23. The maximum atomic E-state index is 12.0. The van der Waals surface area contributed by atoms with Crippen molar-refractivity contribution in [2.45, 2.75) is 25.5 Å². The molecule has 5 heteroatoms. The molecule has 0 aromatic heterocycles. The summed E-state index contributed by atoms with van der Waals surface area (Å²) >= 11 is 0. The van der Waals surface area contributed by atoms with Crippen LogP contribution in [0, 0.1) is 0 Å². The lowest BCUT2D eigenvalue weighted by Crippen LogP contribution is -2.45. The van der Waals surface area contributed by atoms with Crippen LogP contribution >= 0.6 is 0 Å². The first kappa shape index (κ1) is 13.4. The van der Waals surface area contributed by atoms with Gasteiger partial charge in [0.15, 0.2) is 0 Å². The molecule has 1 heterocycles. The Morgan fingerprint density at radius 1 is 1.37 bits per heavy atom. The smallest absolute Gasteiger partial charge is 0.410 e. The quantitative estimate of drug-likeness (QED) is 0.898. The van der Waals surface area contributed by atoms with Gasteiger partial charge in [0.2, 0.25) is 5.91 Å². The van der Waals surface area contributed by atoms with Crippen LogP contribution in [-0.2, 0) is 16.1 Å². The van der Waals surface area contributed by atoms with Crippen LogP contribution in [0.5, 0.6) is 0 Å². The summed E-state index contributed by atoms with van der Waals surface area (Å²) in [4.78, 5) is 25.1. The highest BCUT2D eigenvalue weighted by atomic mass is 16.6. The second-order valence-corrected chi connectivity index (χ2v) is 4.51. The van der Waals surface area contributed by atoms with Gasteiger partial charge >= 0.3 is 6.09 Å². The van der Waals surface area contributed by atoms with Crippen molar-refractivity contribution in [3.63, 3.8) is 0 Å². The molecule has 1 N–H and O–H groups in total. The molecule has 1 aromatic rings.